The van der Waals surface area contributed by atoms with Gasteiger partial charge in [-0.1, -0.05) is 17.6 Å². The Balaban J connectivity index is 2.83. The second-order valence-electron chi connectivity index (χ2n) is 2.96. The predicted molar refractivity (Wildman–Crippen MR) is 54.0 cm³/mol. The van der Waals surface area contributed by atoms with Crippen LogP contribution in [0.5, 0.6) is 0 Å². The summed E-state index contributed by atoms with van der Waals surface area (Å²) >= 11 is 0. The van der Waals surface area contributed by atoms with Crippen molar-refractivity contribution >= 4 is 19.2 Å². The third kappa shape index (κ3) is 2.57. The van der Waals surface area contributed by atoms with Crippen molar-refractivity contribution in [2.75, 3.05) is 13.2 Å². The van der Waals surface area contributed by atoms with Crippen molar-refractivity contribution in [2.24, 2.45) is 0 Å². The van der Waals surface area contributed by atoms with Crippen molar-refractivity contribution in [3.05, 3.63) is 29.6 Å². The van der Waals surface area contributed by atoms with E-state index in [2.05, 4.69) is 5.32 Å². The number of carbonyl (C=O) groups excluding carboxylic acids is 1. The van der Waals surface area contributed by atoms with E-state index in [1.165, 1.54) is 12.1 Å². The van der Waals surface area contributed by atoms with Crippen LogP contribution in [0.2, 0.25) is 0 Å². The van der Waals surface area contributed by atoms with Crippen LogP contribution in [0.25, 0.3) is 0 Å². The van der Waals surface area contributed by atoms with E-state index in [9.17, 15) is 9.18 Å². The van der Waals surface area contributed by atoms with Gasteiger partial charge in [-0.3, -0.25) is 4.79 Å². The van der Waals surface area contributed by atoms with Crippen LogP contribution in [0.1, 0.15) is 10.4 Å². The second-order valence-corrected chi connectivity index (χ2v) is 2.96. The summed E-state index contributed by atoms with van der Waals surface area (Å²) in [5, 5.41) is 10.9. The SMILES string of the molecule is Bc1ccc(F)c(C(=O)NCCO)c1. The van der Waals surface area contributed by atoms with Crippen molar-refractivity contribution in [3.8, 4) is 0 Å². The smallest absolute Gasteiger partial charge is 0.254 e. The molecule has 0 aliphatic rings. The molecule has 3 nitrogen and oxygen atoms in total. The summed E-state index contributed by atoms with van der Waals surface area (Å²) in [6, 6.07) is 4.32. The summed E-state index contributed by atoms with van der Waals surface area (Å²) in [4.78, 5) is 11.3. The summed E-state index contributed by atoms with van der Waals surface area (Å²) in [6.45, 7) is -0.0224. The van der Waals surface area contributed by atoms with Crippen LogP contribution in [-0.2, 0) is 0 Å². The third-order valence-electron chi connectivity index (χ3n) is 1.76. The average Bonchev–Trinajstić information content (AvgIpc) is 2.18. The van der Waals surface area contributed by atoms with E-state index in [1.54, 1.807) is 13.9 Å². The van der Waals surface area contributed by atoms with E-state index in [4.69, 9.17) is 5.11 Å². The lowest BCUT2D eigenvalue weighted by Crippen LogP contribution is -2.28. The highest BCUT2D eigenvalue weighted by Gasteiger charge is 2.10. The molecule has 1 rings (SSSR count). The quantitative estimate of drug-likeness (QED) is 0.595. The molecule has 0 aliphatic carbocycles. The van der Waals surface area contributed by atoms with E-state index in [0.29, 0.717) is 0 Å². The van der Waals surface area contributed by atoms with Crippen molar-refractivity contribution in [3.63, 3.8) is 0 Å². The monoisotopic (exact) mass is 195 g/mol. The highest BCUT2D eigenvalue weighted by Crippen LogP contribution is 2.03. The van der Waals surface area contributed by atoms with Gasteiger partial charge in [0.25, 0.3) is 5.91 Å². The molecule has 0 radical (unpaired) electrons. The maximum absolute atomic E-state index is 13.1. The Morgan fingerprint density at radius 1 is 1.57 bits per heavy atom. The van der Waals surface area contributed by atoms with Gasteiger partial charge in [0.1, 0.15) is 13.7 Å². The predicted octanol–water partition coefficient (Wildman–Crippen LogP) is -1.19. The van der Waals surface area contributed by atoms with E-state index in [0.717, 1.165) is 5.46 Å². The zero-order chi connectivity index (χ0) is 10.6. The normalized spacial score (nSPS) is 9.86. The molecule has 1 aromatic rings. The van der Waals surface area contributed by atoms with Crippen molar-refractivity contribution < 1.29 is 14.3 Å². The number of aliphatic hydroxyl groups is 1. The van der Waals surface area contributed by atoms with Crippen molar-refractivity contribution in [1.82, 2.24) is 5.32 Å². The molecule has 1 amide bonds. The first-order valence-electron chi connectivity index (χ1n) is 4.30. The molecular formula is C9H11BFNO2. The van der Waals surface area contributed by atoms with Crippen LogP contribution in [-0.4, -0.2) is 32.0 Å². The zero-order valence-electron chi connectivity index (χ0n) is 7.88. The number of nitrogens with one attached hydrogen (secondary N) is 1. The lowest BCUT2D eigenvalue weighted by Gasteiger charge is -2.05. The molecule has 0 bridgehead atoms. The van der Waals surface area contributed by atoms with Crippen LogP contribution >= 0.6 is 0 Å². The topological polar surface area (TPSA) is 49.3 Å². The van der Waals surface area contributed by atoms with Crippen LogP contribution in [0, 0.1) is 5.82 Å². The molecule has 0 heterocycles. The van der Waals surface area contributed by atoms with Gasteiger partial charge in [-0.25, -0.2) is 4.39 Å². The highest BCUT2D eigenvalue weighted by atomic mass is 19.1. The van der Waals surface area contributed by atoms with Gasteiger partial charge < -0.3 is 10.4 Å². The van der Waals surface area contributed by atoms with Crippen LogP contribution in [0.4, 0.5) is 4.39 Å². The molecule has 2 N–H and O–H groups in total. The fourth-order valence-corrected chi connectivity index (χ4v) is 1.08. The maximum atomic E-state index is 13.1. The summed E-state index contributed by atoms with van der Waals surface area (Å²) in [5.41, 5.74) is 0.832. The minimum Gasteiger partial charge on any atom is -0.395 e. The second kappa shape index (κ2) is 4.76. The first-order chi connectivity index (χ1) is 6.65. The molecular weight excluding hydrogens is 184 g/mol. The summed E-state index contributed by atoms with van der Waals surface area (Å²) in [5.74, 6) is -1.05. The molecule has 1 aromatic carbocycles. The summed E-state index contributed by atoms with van der Waals surface area (Å²) < 4.78 is 13.1. The fraction of sp³-hybridized carbons (Fsp3) is 0.222. The van der Waals surface area contributed by atoms with Crippen LogP contribution in [0.15, 0.2) is 18.2 Å². The average molecular weight is 195 g/mol. The molecule has 5 heteroatoms. The largest absolute Gasteiger partial charge is 0.395 e. The van der Waals surface area contributed by atoms with Gasteiger partial charge in [0, 0.05) is 6.54 Å². The van der Waals surface area contributed by atoms with Gasteiger partial charge in [-0.05, 0) is 6.07 Å². The minimum absolute atomic E-state index is 0.0125. The van der Waals surface area contributed by atoms with Crippen LogP contribution in [0.3, 0.4) is 0 Å². The Morgan fingerprint density at radius 3 is 2.93 bits per heavy atom. The molecule has 0 spiro atoms. The molecule has 0 fully saturated rings. The molecule has 74 valence electrons. The van der Waals surface area contributed by atoms with E-state index >= 15 is 0 Å². The van der Waals surface area contributed by atoms with E-state index in [-0.39, 0.29) is 18.7 Å². The number of aliphatic hydroxyl groups excluding tert-OH is 1. The Bertz CT molecular complexity index is 344. The fourth-order valence-electron chi connectivity index (χ4n) is 1.08. The third-order valence-corrected chi connectivity index (χ3v) is 1.76. The van der Waals surface area contributed by atoms with Gasteiger partial charge in [0.05, 0.1) is 12.2 Å². The molecule has 14 heavy (non-hydrogen) atoms. The number of hydrogen-bond donors (Lipinski definition) is 2. The summed E-state index contributed by atoms with van der Waals surface area (Å²) in [6.07, 6.45) is 0. The number of carbonyl (C=O) groups is 1. The van der Waals surface area contributed by atoms with Crippen LogP contribution < -0.4 is 10.8 Å². The van der Waals surface area contributed by atoms with Gasteiger partial charge in [-0.15, -0.1) is 0 Å². The van der Waals surface area contributed by atoms with E-state index in [1.807, 2.05) is 0 Å². The lowest BCUT2D eigenvalue weighted by molar-refractivity contribution is 0.0941. The van der Waals surface area contributed by atoms with Crippen molar-refractivity contribution in [1.29, 1.82) is 0 Å². The lowest BCUT2D eigenvalue weighted by atomic mass is 9.94. The maximum Gasteiger partial charge on any atom is 0.254 e. The molecule has 0 atom stereocenters. The Labute approximate surface area is 82.3 Å². The molecule has 0 aromatic heterocycles. The van der Waals surface area contributed by atoms with E-state index < -0.39 is 11.7 Å². The summed E-state index contributed by atoms with van der Waals surface area (Å²) in [7, 11) is 1.78. The number of amides is 1. The molecule has 0 saturated heterocycles. The van der Waals surface area contributed by atoms with Gasteiger partial charge in [0.15, 0.2) is 0 Å². The highest BCUT2D eigenvalue weighted by molar-refractivity contribution is 6.32. The first kappa shape index (κ1) is 10.7. The standard InChI is InChI=1S/C9H11BFNO2/c10-6-1-2-8(11)7(5-6)9(14)12-3-4-13/h1-2,5,13H,3-4,10H2,(H,12,14). The Hall–Kier alpha value is -1.36. The molecule has 0 unspecified atom stereocenters. The molecule has 0 aliphatic heterocycles. The molecule has 0 saturated carbocycles. The Morgan fingerprint density at radius 2 is 2.29 bits per heavy atom. The minimum atomic E-state index is -0.550. The van der Waals surface area contributed by atoms with Gasteiger partial charge in [0.2, 0.25) is 0 Å². The zero-order valence-corrected chi connectivity index (χ0v) is 7.88. The first-order valence-corrected chi connectivity index (χ1v) is 4.30. The Kier molecular flexibility index (Phi) is 3.65. The number of rotatable bonds is 3. The number of halogens is 1. The van der Waals surface area contributed by atoms with Crippen molar-refractivity contribution in [2.45, 2.75) is 0 Å². The number of hydrogen-bond acceptors (Lipinski definition) is 2. The number of benzene rings is 1. The van der Waals surface area contributed by atoms with Gasteiger partial charge >= 0.3 is 0 Å². The van der Waals surface area contributed by atoms with Gasteiger partial charge in [-0.2, -0.15) is 0 Å².